The number of nitro groups is 1. The van der Waals surface area contributed by atoms with Gasteiger partial charge in [0.25, 0.3) is 25.7 Å². The van der Waals surface area contributed by atoms with E-state index in [4.69, 9.17) is 11.6 Å². The molecule has 9 nitrogen and oxygen atoms in total. The summed E-state index contributed by atoms with van der Waals surface area (Å²) in [6.07, 6.45) is 0. The third kappa shape index (κ3) is 5.13. The van der Waals surface area contributed by atoms with E-state index in [1.807, 2.05) is 0 Å². The molecule has 3 rings (SSSR count). The lowest BCUT2D eigenvalue weighted by molar-refractivity contribution is -0.385. The van der Waals surface area contributed by atoms with Crippen LogP contribution in [0.2, 0.25) is 5.02 Å². The molecular weight excluding hydrogens is 466 g/mol. The van der Waals surface area contributed by atoms with Crippen molar-refractivity contribution in [2.24, 2.45) is 0 Å². The van der Waals surface area contributed by atoms with Crippen molar-refractivity contribution in [1.29, 1.82) is 0 Å². The number of anilines is 2. The van der Waals surface area contributed by atoms with Gasteiger partial charge >= 0.3 is 0 Å². The number of halogens is 1. The molecule has 0 radical (unpaired) electrons. The van der Waals surface area contributed by atoms with Gasteiger partial charge in [-0.05, 0) is 55.0 Å². The second-order valence-electron chi connectivity index (χ2n) is 6.40. The zero-order chi connectivity index (χ0) is 22.8. The zero-order valence-electron chi connectivity index (χ0n) is 15.9. The Balaban J connectivity index is 1.82. The van der Waals surface area contributed by atoms with E-state index in [0.29, 0.717) is 16.3 Å². The Morgan fingerprint density at radius 1 is 0.839 bits per heavy atom. The molecule has 162 valence electrons. The van der Waals surface area contributed by atoms with Crippen molar-refractivity contribution in [2.75, 3.05) is 9.44 Å². The number of hydrogen-bond donors (Lipinski definition) is 2. The monoisotopic (exact) mass is 481 g/mol. The molecule has 0 heterocycles. The molecule has 0 aliphatic rings. The molecule has 0 fully saturated rings. The van der Waals surface area contributed by atoms with Crippen LogP contribution < -0.4 is 9.44 Å². The Bertz CT molecular complexity index is 1360. The Morgan fingerprint density at radius 2 is 1.45 bits per heavy atom. The van der Waals surface area contributed by atoms with Gasteiger partial charge in [0, 0.05) is 22.8 Å². The van der Waals surface area contributed by atoms with Gasteiger partial charge in [0.05, 0.1) is 20.4 Å². The van der Waals surface area contributed by atoms with E-state index in [0.717, 1.165) is 6.07 Å². The number of hydrogen-bond acceptors (Lipinski definition) is 6. The van der Waals surface area contributed by atoms with Crippen LogP contribution in [-0.4, -0.2) is 21.8 Å². The fourth-order valence-electron chi connectivity index (χ4n) is 2.60. The first kappa shape index (κ1) is 22.5. The molecule has 0 aliphatic heterocycles. The lowest BCUT2D eigenvalue weighted by Crippen LogP contribution is -2.15. The largest absolute Gasteiger partial charge is 0.280 e. The first-order chi connectivity index (χ1) is 14.5. The number of benzene rings is 3. The number of rotatable bonds is 7. The van der Waals surface area contributed by atoms with E-state index < -0.39 is 25.0 Å². The summed E-state index contributed by atoms with van der Waals surface area (Å²) in [6, 6.07) is 14.4. The van der Waals surface area contributed by atoms with Crippen molar-refractivity contribution in [2.45, 2.75) is 16.7 Å². The van der Waals surface area contributed by atoms with E-state index in [2.05, 4.69) is 9.44 Å². The van der Waals surface area contributed by atoms with Crippen molar-refractivity contribution in [1.82, 2.24) is 0 Å². The minimum absolute atomic E-state index is 0.0874. The van der Waals surface area contributed by atoms with Crippen molar-refractivity contribution >= 4 is 48.7 Å². The Kier molecular flexibility index (Phi) is 6.20. The summed E-state index contributed by atoms with van der Waals surface area (Å²) < 4.78 is 54.9. The first-order valence-electron chi connectivity index (χ1n) is 8.65. The van der Waals surface area contributed by atoms with Crippen LogP contribution in [0, 0.1) is 17.0 Å². The molecular formula is C19H16ClN3O6S2. The molecule has 0 bridgehead atoms. The smallest absolute Gasteiger partial charge is 0.270 e. The van der Waals surface area contributed by atoms with E-state index >= 15 is 0 Å². The summed E-state index contributed by atoms with van der Waals surface area (Å²) in [4.78, 5) is 9.77. The van der Waals surface area contributed by atoms with Gasteiger partial charge < -0.3 is 0 Å². The summed E-state index contributed by atoms with van der Waals surface area (Å²) in [7, 11) is -8.05. The molecule has 0 aliphatic carbocycles. The maximum atomic E-state index is 12.6. The minimum Gasteiger partial charge on any atom is -0.280 e. The summed E-state index contributed by atoms with van der Waals surface area (Å²) >= 11 is 6.01. The molecule has 0 saturated carbocycles. The molecule has 3 aromatic carbocycles. The van der Waals surface area contributed by atoms with Crippen LogP contribution in [0.3, 0.4) is 0 Å². The SMILES string of the molecule is Cc1c(Cl)cccc1NS(=O)(=O)c1ccc(NS(=O)(=O)c2cccc([N+](=O)[O-])c2)cc1. The van der Waals surface area contributed by atoms with Gasteiger partial charge in [0.15, 0.2) is 0 Å². The third-order valence-electron chi connectivity index (χ3n) is 4.27. The van der Waals surface area contributed by atoms with Crippen molar-refractivity contribution < 1.29 is 21.8 Å². The highest BCUT2D eigenvalue weighted by atomic mass is 35.5. The van der Waals surface area contributed by atoms with Gasteiger partial charge in [-0.1, -0.05) is 23.7 Å². The normalized spacial score (nSPS) is 11.7. The van der Waals surface area contributed by atoms with Crippen LogP contribution in [0.15, 0.2) is 76.5 Å². The van der Waals surface area contributed by atoms with Crippen LogP contribution in [0.25, 0.3) is 0 Å². The van der Waals surface area contributed by atoms with Crippen molar-refractivity contribution in [3.63, 3.8) is 0 Å². The molecule has 0 amide bonds. The van der Waals surface area contributed by atoms with Crippen LogP contribution in [0.5, 0.6) is 0 Å². The third-order valence-corrected chi connectivity index (χ3v) is 7.44. The molecule has 0 unspecified atom stereocenters. The van der Waals surface area contributed by atoms with Gasteiger partial charge in [0.2, 0.25) is 0 Å². The Hall–Kier alpha value is -3.15. The molecule has 0 spiro atoms. The van der Waals surface area contributed by atoms with Gasteiger partial charge in [-0.3, -0.25) is 19.6 Å². The van der Waals surface area contributed by atoms with E-state index in [1.165, 1.54) is 42.5 Å². The summed E-state index contributed by atoms with van der Waals surface area (Å²) in [5, 5.41) is 11.3. The molecule has 31 heavy (non-hydrogen) atoms. The van der Waals surface area contributed by atoms with Gasteiger partial charge in [0.1, 0.15) is 0 Å². The Morgan fingerprint density at radius 3 is 2.10 bits per heavy atom. The standard InChI is InChI=1S/C19H16ClN3O6S2/c1-13-18(20)6-3-7-19(13)22-30(26,27)16-10-8-14(9-11-16)21-31(28,29)17-5-2-4-15(12-17)23(24)25/h2-12,21-22H,1H3. The fourth-order valence-corrected chi connectivity index (χ4v) is 5.00. The molecule has 0 aromatic heterocycles. The predicted molar refractivity (Wildman–Crippen MR) is 117 cm³/mol. The summed E-state index contributed by atoms with van der Waals surface area (Å²) in [5.41, 5.74) is 0.605. The molecule has 2 N–H and O–H groups in total. The highest BCUT2D eigenvalue weighted by Gasteiger charge is 2.19. The van der Waals surface area contributed by atoms with Gasteiger partial charge in [-0.15, -0.1) is 0 Å². The van der Waals surface area contributed by atoms with E-state index in [1.54, 1.807) is 25.1 Å². The van der Waals surface area contributed by atoms with Gasteiger partial charge in [-0.2, -0.15) is 0 Å². The highest BCUT2D eigenvalue weighted by Crippen LogP contribution is 2.26. The number of nitro benzene ring substituents is 1. The average molecular weight is 482 g/mol. The number of sulfonamides is 2. The lowest BCUT2D eigenvalue weighted by atomic mass is 10.2. The number of non-ortho nitro benzene ring substituents is 1. The minimum atomic E-state index is -4.11. The van der Waals surface area contributed by atoms with E-state index in [9.17, 15) is 26.9 Å². The van der Waals surface area contributed by atoms with Crippen LogP contribution in [0.4, 0.5) is 17.1 Å². The average Bonchev–Trinajstić information content (AvgIpc) is 2.71. The van der Waals surface area contributed by atoms with Crippen molar-refractivity contribution in [3.8, 4) is 0 Å². The second-order valence-corrected chi connectivity index (χ2v) is 10.2. The summed E-state index contributed by atoms with van der Waals surface area (Å²) in [6.45, 7) is 1.67. The number of nitrogens with zero attached hydrogens (tertiary/aromatic N) is 1. The molecule has 0 atom stereocenters. The lowest BCUT2D eigenvalue weighted by Gasteiger charge is -2.12. The van der Waals surface area contributed by atoms with Crippen molar-refractivity contribution in [3.05, 3.63) is 87.4 Å². The highest BCUT2D eigenvalue weighted by molar-refractivity contribution is 7.93. The molecule has 12 heteroatoms. The Labute approximate surface area is 183 Å². The number of nitrogens with one attached hydrogen (secondary N) is 2. The molecule has 0 saturated heterocycles. The van der Waals surface area contributed by atoms with Crippen LogP contribution >= 0.6 is 11.6 Å². The quantitative estimate of drug-likeness (QED) is 0.384. The van der Waals surface area contributed by atoms with E-state index in [-0.39, 0.29) is 21.2 Å². The maximum absolute atomic E-state index is 12.6. The second kappa shape index (κ2) is 8.53. The summed E-state index contributed by atoms with van der Waals surface area (Å²) in [5.74, 6) is 0. The fraction of sp³-hybridized carbons (Fsp3) is 0.0526. The van der Waals surface area contributed by atoms with Crippen LogP contribution in [0.1, 0.15) is 5.56 Å². The molecule has 3 aromatic rings. The topological polar surface area (TPSA) is 135 Å². The predicted octanol–water partition coefficient (Wildman–Crippen LogP) is 4.16. The zero-order valence-corrected chi connectivity index (χ0v) is 18.3. The van der Waals surface area contributed by atoms with Gasteiger partial charge in [-0.25, -0.2) is 16.8 Å². The maximum Gasteiger partial charge on any atom is 0.270 e. The van der Waals surface area contributed by atoms with Crippen LogP contribution in [-0.2, 0) is 20.0 Å². The first-order valence-corrected chi connectivity index (χ1v) is 12.0.